The summed E-state index contributed by atoms with van der Waals surface area (Å²) in [5.41, 5.74) is 7.95. The third-order valence-electron chi connectivity index (χ3n) is 3.77. The fraction of sp³-hybridized carbons (Fsp3) is 0.667. The lowest BCUT2D eigenvalue weighted by Crippen LogP contribution is -2.41. The van der Waals surface area contributed by atoms with Crippen molar-refractivity contribution in [2.45, 2.75) is 66.5 Å². The van der Waals surface area contributed by atoms with Crippen LogP contribution in [0.3, 0.4) is 0 Å². The molecule has 0 amide bonds. The number of rotatable bonds is 7. The van der Waals surface area contributed by atoms with Crippen molar-refractivity contribution in [3.05, 3.63) is 24.3 Å². The Morgan fingerprint density at radius 3 is 1.55 bits per heavy atom. The summed E-state index contributed by atoms with van der Waals surface area (Å²) in [5.74, 6) is 1.43. The van der Waals surface area contributed by atoms with Gasteiger partial charge in [0.1, 0.15) is 0 Å². The van der Waals surface area contributed by atoms with Gasteiger partial charge in [0, 0.05) is 23.5 Å². The van der Waals surface area contributed by atoms with Gasteiger partial charge in [-0.25, -0.2) is 0 Å². The summed E-state index contributed by atoms with van der Waals surface area (Å²) in [5, 5.41) is 0. The zero-order valence-electron chi connectivity index (χ0n) is 14.1. The van der Waals surface area contributed by atoms with Gasteiger partial charge in [0.15, 0.2) is 0 Å². The van der Waals surface area contributed by atoms with Gasteiger partial charge in [-0.1, -0.05) is 27.7 Å². The van der Waals surface area contributed by atoms with Crippen LogP contribution in [0.15, 0.2) is 24.3 Å². The molecule has 0 bridgehead atoms. The van der Waals surface area contributed by atoms with Gasteiger partial charge < -0.3 is 10.6 Å². The molecule has 0 spiro atoms. The standard InChI is InChI=1S/C18H32N2/c1-13(2)11-15(5)20(16(6)12-14(3)4)18-9-7-17(19)8-10-18/h7-10,13-16H,11-12,19H2,1-6H3. The molecular weight excluding hydrogens is 244 g/mol. The molecule has 2 nitrogen and oxygen atoms in total. The van der Waals surface area contributed by atoms with E-state index >= 15 is 0 Å². The molecule has 2 unspecified atom stereocenters. The second-order valence-corrected chi connectivity index (χ2v) is 6.96. The maximum atomic E-state index is 5.82. The van der Waals surface area contributed by atoms with E-state index in [1.54, 1.807) is 0 Å². The number of benzene rings is 1. The minimum Gasteiger partial charge on any atom is -0.399 e. The molecule has 20 heavy (non-hydrogen) atoms. The minimum atomic E-state index is 0.548. The van der Waals surface area contributed by atoms with Gasteiger partial charge in [-0.3, -0.25) is 0 Å². The van der Waals surface area contributed by atoms with Crippen LogP contribution in [0.1, 0.15) is 54.4 Å². The third-order valence-corrected chi connectivity index (χ3v) is 3.77. The molecule has 2 atom stereocenters. The van der Waals surface area contributed by atoms with Gasteiger partial charge in [0.2, 0.25) is 0 Å². The minimum absolute atomic E-state index is 0.548. The van der Waals surface area contributed by atoms with Crippen molar-refractivity contribution in [1.29, 1.82) is 0 Å². The molecule has 0 aliphatic carbocycles. The molecule has 0 heterocycles. The zero-order valence-corrected chi connectivity index (χ0v) is 14.1. The molecule has 0 aromatic heterocycles. The maximum Gasteiger partial charge on any atom is 0.0372 e. The molecule has 0 saturated carbocycles. The normalized spacial score (nSPS) is 14.6. The molecule has 2 heteroatoms. The highest BCUT2D eigenvalue weighted by atomic mass is 15.2. The molecule has 2 N–H and O–H groups in total. The maximum absolute atomic E-state index is 5.82. The molecular formula is C18H32N2. The van der Waals surface area contributed by atoms with E-state index in [0.29, 0.717) is 23.9 Å². The monoisotopic (exact) mass is 276 g/mol. The molecule has 0 aliphatic rings. The van der Waals surface area contributed by atoms with Gasteiger partial charge in [-0.15, -0.1) is 0 Å². The van der Waals surface area contributed by atoms with E-state index < -0.39 is 0 Å². The molecule has 0 fully saturated rings. The van der Waals surface area contributed by atoms with Crippen LogP contribution in [-0.2, 0) is 0 Å². The summed E-state index contributed by atoms with van der Waals surface area (Å²) in [6.45, 7) is 13.9. The van der Waals surface area contributed by atoms with E-state index in [9.17, 15) is 0 Å². The van der Waals surface area contributed by atoms with E-state index in [4.69, 9.17) is 5.73 Å². The fourth-order valence-corrected chi connectivity index (χ4v) is 3.18. The Morgan fingerprint density at radius 2 is 1.20 bits per heavy atom. The first-order chi connectivity index (χ1) is 9.31. The van der Waals surface area contributed by atoms with Crippen LogP contribution in [0.5, 0.6) is 0 Å². The first-order valence-corrected chi connectivity index (χ1v) is 7.95. The predicted octanol–water partition coefficient (Wildman–Crippen LogP) is 4.94. The van der Waals surface area contributed by atoms with Gasteiger partial charge in [-0.2, -0.15) is 0 Å². The van der Waals surface area contributed by atoms with E-state index in [1.807, 2.05) is 12.1 Å². The highest BCUT2D eigenvalue weighted by Crippen LogP contribution is 2.27. The lowest BCUT2D eigenvalue weighted by molar-refractivity contribution is 0.418. The number of hydrogen-bond donors (Lipinski definition) is 1. The van der Waals surface area contributed by atoms with Crippen LogP contribution >= 0.6 is 0 Å². The number of nitrogens with two attached hydrogens (primary N) is 1. The summed E-state index contributed by atoms with van der Waals surface area (Å²) in [7, 11) is 0. The van der Waals surface area contributed by atoms with E-state index in [0.717, 1.165) is 5.69 Å². The molecule has 1 aromatic rings. The largest absolute Gasteiger partial charge is 0.399 e. The number of anilines is 2. The summed E-state index contributed by atoms with van der Waals surface area (Å²) in [4.78, 5) is 2.57. The zero-order chi connectivity index (χ0) is 15.3. The Labute approximate surface area is 125 Å². The highest BCUT2D eigenvalue weighted by Gasteiger charge is 2.22. The van der Waals surface area contributed by atoms with Crippen molar-refractivity contribution >= 4 is 11.4 Å². The number of nitrogen functional groups attached to an aromatic ring is 1. The molecule has 0 radical (unpaired) electrons. The Morgan fingerprint density at radius 1 is 0.800 bits per heavy atom. The van der Waals surface area contributed by atoms with Crippen LogP contribution in [0.2, 0.25) is 0 Å². The van der Waals surface area contributed by atoms with Crippen molar-refractivity contribution in [3.63, 3.8) is 0 Å². The van der Waals surface area contributed by atoms with Crippen LogP contribution in [0.25, 0.3) is 0 Å². The van der Waals surface area contributed by atoms with Crippen LogP contribution in [-0.4, -0.2) is 12.1 Å². The molecule has 1 rings (SSSR count). The van der Waals surface area contributed by atoms with Crippen LogP contribution in [0.4, 0.5) is 11.4 Å². The Bertz CT molecular complexity index is 365. The quantitative estimate of drug-likeness (QED) is 0.714. The van der Waals surface area contributed by atoms with Gasteiger partial charge >= 0.3 is 0 Å². The van der Waals surface area contributed by atoms with E-state index in [1.165, 1.54) is 18.5 Å². The van der Waals surface area contributed by atoms with Crippen LogP contribution < -0.4 is 10.6 Å². The van der Waals surface area contributed by atoms with Crippen molar-refractivity contribution < 1.29 is 0 Å². The van der Waals surface area contributed by atoms with E-state index in [-0.39, 0.29) is 0 Å². The molecule has 114 valence electrons. The number of nitrogens with zero attached hydrogens (tertiary/aromatic N) is 1. The summed E-state index contributed by atoms with van der Waals surface area (Å²) in [6.07, 6.45) is 2.43. The topological polar surface area (TPSA) is 29.3 Å². The smallest absolute Gasteiger partial charge is 0.0372 e. The SMILES string of the molecule is CC(C)CC(C)N(c1ccc(N)cc1)C(C)CC(C)C. The van der Waals surface area contributed by atoms with Crippen molar-refractivity contribution in [1.82, 2.24) is 0 Å². The molecule has 0 saturated heterocycles. The van der Waals surface area contributed by atoms with E-state index in [2.05, 4.69) is 58.6 Å². The molecule has 1 aromatic carbocycles. The van der Waals surface area contributed by atoms with Gasteiger partial charge in [0.05, 0.1) is 0 Å². The Kier molecular flexibility index (Phi) is 6.38. The molecule has 0 aliphatic heterocycles. The second kappa shape index (κ2) is 7.56. The van der Waals surface area contributed by atoms with Crippen LogP contribution in [0, 0.1) is 11.8 Å². The first kappa shape index (κ1) is 16.9. The Balaban J connectivity index is 2.96. The second-order valence-electron chi connectivity index (χ2n) is 6.96. The highest BCUT2D eigenvalue weighted by molar-refractivity contribution is 5.54. The van der Waals surface area contributed by atoms with Gasteiger partial charge in [-0.05, 0) is 62.8 Å². The van der Waals surface area contributed by atoms with Crippen molar-refractivity contribution in [2.75, 3.05) is 10.6 Å². The fourth-order valence-electron chi connectivity index (χ4n) is 3.18. The van der Waals surface area contributed by atoms with Crippen molar-refractivity contribution in [3.8, 4) is 0 Å². The third kappa shape index (κ3) is 5.07. The van der Waals surface area contributed by atoms with Gasteiger partial charge in [0.25, 0.3) is 0 Å². The lowest BCUT2D eigenvalue weighted by atomic mass is 9.97. The summed E-state index contributed by atoms with van der Waals surface area (Å²) < 4.78 is 0. The average Bonchev–Trinajstić information content (AvgIpc) is 2.30. The Hall–Kier alpha value is -1.18. The lowest BCUT2D eigenvalue weighted by Gasteiger charge is -2.38. The predicted molar refractivity (Wildman–Crippen MR) is 91.2 cm³/mol. The summed E-state index contributed by atoms with van der Waals surface area (Å²) >= 11 is 0. The summed E-state index contributed by atoms with van der Waals surface area (Å²) in [6, 6.07) is 9.42. The first-order valence-electron chi connectivity index (χ1n) is 7.95. The van der Waals surface area contributed by atoms with Crippen molar-refractivity contribution in [2.24, 2.45) is 11.8 Å². The average molecular weight is 276 g/mol. The number of hydrogen-bond acceptors (Lipinski definition) is 2.